The molecule has 0 radical (unpaired) electrons. The van der Waals surface area contributed by atoms with E-state index in [1.165, 1.54) is 9.36 Å². The fraction of sp³-hybridized carbons (Fsp3) is 0.149. The molecule has 2 heterocycles. The Morgan fingerprint density at radius 1 is 0.559 bits per heavy atom. The number of rotatable bonds is 10. The summed E-state index contributed by atoms with van der Waals surface area (Å²) >= 11 is 0. The second kappa shape index (κ2) is 19.5. The SMILES string of the molecule is O=C(NO)[C@H](Cc1ccccc1)n1nnc(-c2ccccc2)c1C#CC1CC1.O=C(NO)[C@H](Cc1ccccc1)n1nnc(-c2ccccc2)c1C#Cc1ccccc1. The van der Waals surface area contributed by atoms with E-state index in [1.807, 2.05) is 152 Å². The van der Waals surface area contributed by atoms with Gasteiger partial charge in [-0.05, 0) is 47.9 Å². The molecule has 0 unspecified atom stereocenters. The summed E-state index contributed by atoms with van der Waals surface area (Å²) in [6, 6.07) is 46.4. The molecule has 1 fully saturated rings. The minimum Gasteiger partial charge on any atom is -0.289 e. The van der Waals surface area contributed by atoms with Crippen LogP contribution in [0.3, 0.4) is 0 Å². The van der Waals surface area contributed by atoms with Crippen molar-refractivity contribution < 1.29 is 20.0 Å². The summed E-state index contributed by atoms with van der Waals surface area (Å²) in [4.78, 5) is 25.1. The van der Waals surface area contributed by atoms with E-state index in [0.717, 1.165) is 40.7 Å². The Kier molecular flexibility index (Phi) is 13.1. The Morgan fingerprint density at radius 2 is 0.949 bits per heavy atom. The van der Waals surface area contributed by atoms with Crippen LogP contribution in [-0.2, 0) is 22.4 Å². The van der Waals surface area contributed by atoms with Gasteiger partial charge >= 0.3 is 0 Å². The molecule has 292 valence electrons. The third-order valence-electron chi connectivity index (χ3n) is 9.51. The zero-order valence-corrected chi connectivity index (χ0v) is 31.9. The lowest BCUT2D eigenvalue weighted by molar-refractivity contribution is -0.133. The molecule has 2 amide bonds. The standard InChI is InChI=1S/C25H20N4O2.C22H20N4O2/c30-25(27-31)23(18-20-12-6-2-7-13-20)29-22(17-16-19-10-4-1-5-11-19)24(26-28-29)21-14-8-3-9-15-21;27-22(24-28)20(15-17-7-3-1-4-8-17)26-19(14-13-16-11-12-16)21(23-25-26)18-9-5-2-6-10-18/h1-15,23,31H,18H2,(H,27,30);1-10,16,20,28H,11-12,15H2,(H,24,27)/t23-;20-/m00/s1. The van der Waals surface area contributed by atoms with Gasteiger partial charge in [0, 0.05) is 35.4 Å². The van der Waals surface area contributed by atoms with Crippen LogP contribution in [0.5, 0.6) is 0 Å². The van der Waals surface area contributed by atoms with Gasteiger partial charge in [-0.3, -0.25) is 20.0 Å². The van der Waals surface area contributed by atoms with Crippen LogP contribution in [0.15, 0.2) is 152 Å². The number of carbonyl (C=O) groups is 2. The van der Waals surface area contributed by atoms with Crippen molar-refractivity contribution in [3.63, 3.8) is 0 Å². The summed E-state index contributed by atoms with van der Waals surface area (Å²) in [6.07, 6.45) is 2.88. The van der Waals surface area contributed by atoms with Crippen molar-refractivity contribution in [2.24, 2.45) is 5.92 Å². The number of carbonyl (C=O) groups excluding carboxylic acids is 2. The smallest absolute Gasteiger partial charge is 0.268 e. The summed E-state index contributed by atoms with van der Waals surface area (Å²) in [7, 11) is 0. The van der Waals surface area contributed by atoms with Gasteiger partial charge in [-0.2, -0.15) is 0 Å². The number of nitrogens with one attached hydrogen (secondary N) is 2. The first kappa shape index (κ1) is 39.6. The Labute approximate surface area is 341 Å². The van der Waals surface area contributed by atoms with Crippen LogP contribution in [0.1, 0.15) is 53.0 Å². The third-order valence-corrected chi connectivity index (χ3v) is 9.51. The quantitative estimate of drug-likeness (QED) is 0.0684. The first-order chi connectivity index (χ1) is 29.0. The predicted molar refractivity (Wildman–Crippen MR) is 221 cm³/mol. The lowest BCUT2D eigenvalue weighted by Crippen LogP contribution is -2.33. The summed E-state index contributed by atoms with van der Waals surface area (Å²) < 4.78 is 3.01. The highest BCUT2D eigenvalue weighted by Gasteiger charge is 2.28. The van der Waals surface area contributed by atoms with Crippen molar-refractivity contribution in [2.45, 2.75) is 37.8 Å². The van der Waals surface area contributed by atoms with Crippen LogP contribution in [0, 0.1) is 29.6 Å². The summed E-state index contributed by atoms with van der Waals surface area (Å²) in [5, 5.41) is 35.8. The van der Waals surface area contributed by atoms with Crippen molar-refractivity contribution in [1.82, 2.24) is 40.9 Å². The minimum absolute atomic E-state index is 0.324. The molecule has 12 nitrogen and oxygen atoms in total. The van der Waals surface area contributed by atoms with Crippen molar-refractivity contribution in [2.75, 3.05) is 0 Å². The molecule has 59 heavy (non-hydrogen) atoms. The van der Waals surface area contributed by atoms with E-state index in [2.05, 4.69) is 44.3 Å². The Balaban J connectivity index is 0.000000180. The second-order valence-corrected chi connectivity index (χ2v) is 13.7. The molecule has 1 aliphatic carbocycles. The number of amides is 2. The van der Waals surface area contributed by atoms with Crippen LogP contribution >= 0.6 is 0 Å². The normalized spacial score (nSPS) is 12.6. The van der Waals surface area contributed by atoms with Crippen LogP contribution < -0.4 is 11.0 Å². The van der Waals surface area contributed by atoms with Crippen LogP contribution in [0.4, 0.5) is 0 Å². The molecule has 0 spiro atoms. The summed E-state index contributed by atoms with van der Waals surface area (Å²) in [5.41, 5.74) is 10.3. The second-order valence-electron chi connectivity index (χ2n) is 13.7. The van der Waals surface area contributed by atoms with Crippen LogP contribution in [-0.4, -0.2) is 52.2 Å². The van der Waals surface area contributed by atoms with Crippen LogP contribution in [0.25, 0.3) is 22.5 Å². The molecule has 4 N–H and O–H groups in total. The molecule has 0 bridgehead atoms. The van der Waals surface area contributed by atoms with Gasteiger partial charge in [-0.15, -0.1) is 10.2 Å². The zero-order chi connectivity index (χ0) is 40.8. The van der Waals surface area contributed by atoms with E-state index in [4.69, 9.17) is 0 Å². The van der Waals surface area contributed by atoms with E-state index in [9.17, 15) is 20.0 Å². The van der Waals surface area contributed by atoms with E-state index in [-0.39, 0.29) is 0 Å². The molecule has 1 aliphatic rings. The molecule has 8 rings (SSSR count). The molecule has 7 aromatic rings. The zero-order valence-electron chi connectivity index (χ0n) is 31.9. The number of benzene rings is 5. The summed E-state index contributed by atoms with van der Waals surface area (Å²) in [5.74, 6) is 12.0. The number of hydroxylamine groups is 2. The number of aromatic nitrogens is 6. The van der Waals surface area contributed by atoms with Gasteiger partial charge < -0.3 is 0 Å². The van der Waals surface area contributed by atoms with Gasteiger partial charge in [-0.1, -0.05) is 162 Å². The molecule has 1 saturated carbocycles. The number of nitrogens with zero attached hydrogens (tertiary/aromatic N) is 6. The molecule has 5 aromatic carbocycles. The van der Waals surface area contributed by atoms with Crippen molar-refractivity contribution in [3.05, 3.63) is 180 Å². The average Bonchev–Trinajstić information content (AvgIpc) is 3.89. The number of hydrogen-bond acceptors (Lipinski definition) is 8. The molecule has 2 atom stereocenters. The van der Waals surface area contributed by atoms with Gasteiger partial charge in [0.2, 0.25) is 0 Å². The Bertz CT molecular complexity index is 2590. The molecule has 0 aliphatic heterocycles. The monoisotopic (exact) mass is 780 g/mol. The predicted octanol–water partition coefficient (Wildman–Crippen LogP) is 6.63. The molecule has 12 heteroatoms. The van der Waals surface area contributed by atoms with E-state index >= 15 is 0 Å². The van der Waals surface area contributed by atoms with Crippen molar-refractivity contribution in [3.8, 4) is 46.2 Å². The molecular weight excluding hydrogens is 741 g/mol. The Hall–Kier alpha value is -7.64. The van der Waals surface area contributed by atoms with E-state index in [0.29, 0.717) is 41.5 Å². The van der Waals surface area contributed by atoms with Gasteiger partial charge in [0.15, 0.2) is 0 Å². The fourth-order valence-corrected chi connectivity index (χ4v) is 6.29. The third kappa shape index (κ3) is 10.2. The van der Waals surface area contributed by atoms with Gasteiger partial charge in [0.05, 0.1) is 0 Å². The maximum Gasteiger partial charge on any atom is 0.268 e. The highest BCUT2D eigenvalue weighted by molar-refractivity contribution is 5.81. The lowest BCUT2D eigenvalue weighted by atomic mass is 10.0. The van der Waals surface area contributed by atoms with Crippen molar-refractivity contribution in [1.29, 1.82) is 0 Å². The van der Waals surface area contributed by atoms with Gasteiger partial charge in [0.25, 0.3) is 11.8 Å². The fourth-order valence-electron chi connectivity index (χ4n) is 6.29. The average molecular weight is 781 g/mol. The van der Waals surface area contributed by atoms with E-state index < -0.39 is 23.9 Å². The molecule has 0 saturated heterocycles. The van der Waals surface area contributed by atoms with Crippen molar-refractivity contribution >= 4 is 11.8 Å². The molecular formula is C47H40N8O4. The van der Waals surface area contributed by atoms with E-state index in [1.54, 1.807) is 11.0 Å². The number of hydrogen-bond donors (Lipinski definition) is 4. The molecule has 2 aromatic heterocycles. The lowest BCUT2D eigenvalue weighted by Gasteiger charge is -2.16. The summed E-state index contributed by atoms with van der Waals surface area (Å²) in [6.45, 7) is 0. The van der Waals surface area contributed by atoms with Crippen LogP contribution in [0.2, 0.25) is 0 Å². The first-order valence-electron chi connectivity index (χ1n) is 19.1. The minimum atomic E-state index is -0.822. The topological polar surface area (TPSA) is 160 Å². The van der Waals surface area contributed by atoms with Gasteiger partial charge in [0.1, 0.15) is 34.9 Å². The largest absolute Gasteiger partial charge is 0.289 e. The maximum atomic E-state index is 12.6. The Morgan fingerprint density at radius 3 is 1.36 bits per heavy atom. The first-order valence-corrected chi connectivity index (χ1v) is 19.1. The highest BCUT2D eigenvalue weighted by Crippen LogP contribution is 2.29. The maximum absolute atomic E-state index is 12.6. The van der Waals surface area contributed by atoms with Gasteiger partial charge in [-0.25, -0.2) is 20.3 Å². The highest BCUT2D eigenvalue weighted by atomic mass is 16.5.